The van der Waals surface area contributed by atoms with Crippen molar-refractivity contribution in [2.45, 2.75) is 50.6 Å². The highest BCUT2D eigenvalue weighted by molar-refractivity contribution is 6.31. The minimum Gasteiger partial charge on any atom is -0.353 e. The Bertz CT molecular complexity index is 1310. The third kappa shape index (κ3) is 5.23. The number of rotatable bonds is 6. The Labute approximate surface area is 243 Å². The number of piperazine rings is 1. The van der Waals surface area contributed by atoms with E-state index in [4.69, 9.17) is 23.2 Å². The third-order valence-electron chi connectivity index (χ3n) is 8.24. The molecule has 1 spiro atoms. The molecule has 2 fully saturated rings. The maximum Gasteiger partial charge on any atom is 0.237 e. The van der Waals surface area contributed by atoms with E-state index < -0.39 is 41.0 Å². The molecule has 0 unspecified atom stereocenters. The Kier molecular flexibility index (Phi) is 8.16. The molecule has 3 aliphatic rings. The maximum absolute atomic E-state index is 15.8. The van der Waals surface area contributed by atoms with E-state index in [2.05, 4.69) is 26.2 Å². The summed E-state index contributed by atoms with van der Waals surface area (Å²) in [6.07, 6.45) is 0.452. The molecule has 5 rings (SSSR count). The molecular weight excluding hydrogens is 559 g/mol. The molecule has 0 saturated carbocycles. The molecular formula is C29H35Cl2F2N5O2. The molecule has 4 atom stereocenters. The number of carbonyl (C=O) groups excluding carboxylic acids is 2. The highest BCUT2D eigenvalue weighted by atomic mass is 35.5. The van der Waals surface area contributed by atoms with Gasteiger partial charge in [-0.2, -0.15) is 0 Å². The lowest BCUT2D eigenvalue weighted by molar-refractivity contribution is -0.123. The van der Waals surface area contributed by atoms with Crippen LogP contribution in [-0.4, -0.2) is 68.1 Å². The summed E-state index contributed by atoms with van der Waals surface area (Å²) in [5.41, 5.74) is -0.966. The molecule has 0 aromatic heterocycles. The second-order valence-electron chi connectivity index (χ2n) is 12.1. The zero-order valence-electron chi connectivity index (χ0n) is 22.8. The van der Waals surface area contributed by atoms with E-state index >= 15 is 4.39 Å². The summed E-state index contributed by atoms with van der Waals surface area (Å²) in [5.74, 6) is -3.21. The lowest BCUT2D eigenvalue weighted by Crippen LogP contribution is -2.50. The van der Waals surface area contributed by atoms with E-state index in [0.29, 0.717) is 30.8 Å². The van der Waals surface area contributed by atoms with Crippen molar-refractivity contribution in [3.63, 3.8) is 0 Å². The van der Waals surface area contributed by atoms with Gasteiger partial charge in [-0.15, -0.1) is 0 Å². The van der Waals surface area contributed by atoms with Crippen LogP contribution in [0.25, 0.3) is 0 Å². The Hall–Kier alpha value is -2.30. The predicted molar refractivity (Wildman–Crippen MR) is 153 cm³/mol. The number of anilines is 1. The first kappa shape index (κ1) is 29.2. The average Bonchev–Trinajstić information content (AvgIpc) is 3.36. The van der Waals surface area contributed by atoms with Gasteiger partial charge in [-0.25, -0.2) is 8.78 Å². The Balaban J connectivity index is 1.61. The molecule has 2 amide bonds. The molecule has 40 heavy (non-hydrogen) atoms. The number of carbonyl (C=O) groups is 2. The third-order valence-corrected chi connectivity index (χ3v) is 8.82. The van der Waals surface area contributed by atoms with Crippen molar-refractivity contribution in [2.75, 3.05) is 44.6 Å². The molecule has 3 aliphatic heterocycles. The lowest BCUT2D eigenvalue weighted by Gasteiger charge is -2.37. The predicted octanol–water partition coefficient (Wildman–Crippen LogP) is 4.04. The molecule has 4 N–H and O–H groups in total. The highest BCUT2D eigenvalue weighted by Gasteiger charge is 2.66. The Morgan fingerprint density at radius 3 is 2.58 bits per heavy atom. The molecule has 0 aliphatic carbocycles. The van der Waals surface area contributed by atoms with Gasteiger partial charge in [-0.3, -0.25) is 14.5 Å². The van der Waals surface area contributed by atoms with Crippen molar-refractivity contribution in [1.29, 1.82) is 0 Å². The summed E-state index contributed by atoms with van der Waals surface area (Å²) in [5, 5.41) is 12.3. The number of benzene rings is 2. The largest absolute Gasteiger partial charge is 0.353 e. The monoisotopic (exact) mass is 593 g/mol. The van der Waals surface area contributed by atoms with Gasteiger partial charge in [-0.1, -0.05) is 56.1 Å². The smallest absolute Gasteiger partial charge is 0.237 e. The molecule has 0 radical (unpaired) electrons. The van der Waals surface area contributed by atoms with Gasteiger partial charge in [0.25, 0.3) is 0 Å². The van der Waals surface area contributed by atoms with Gasteiger partial charge < -0.3 is 21.3 Å². The van der Waals surface area contributed by atoms with Crippen molar-refractivity contribution in [3.8, 4) is 0 Å². The van der Waals surface area contributed by atoms with Crippen LogP contribution in [0, 0.1) is 17.0 Å². The number of hydrogen-bond acceptors (Lipinski definition) is 5. The first-order valence-electron chi connectivity index (χ1n) is 13.6. The quantitative estimate of drug-likeness (QED) is 0.406. The second-order valence-corrected chi connectivity index (χ2v) is 12.9. The van der Waals surface area contributed by atoms with Crippen LogP contribution >= 0.6 is 23.2 Å². The number of nitrogens with zero attached hydrogens (tertiary/aromatic N) is 1. The molecule has 2 aromatic carbocycles. The normalized spacial score (nSPS) is 26.7. The topological polar surface area (TPSA) is 85.5 Å². The lowest BCUT2D eigenvalue weighted by atomic mass is 9.62. The van der Waals surface area contributed by atoms with Gasteiger partial charge >= 0.3 is 0 Å². The zero-order valence-corrected chi connectivity index (χ0v) is 24.4. The minimum absolute atomic E-state index is 0.120. The van der Waals surface area contributed by atoms with Crippen LogP contribution in [0.2, 0.25) is 10.0 Å². The van der Waals surface area contributed by atoms with Crippen molar-refractivity contribution in [1.82, 2.24) is 20.9 Å². The van der Waals surface area contributed by atoms with Gasteiger partial charge in [-0.05, 0) is 41.2 Å². The fraction of sp³-hybridized carbons (Fsp3) is 0.517. The van der Waals surface area contributed by atoms with Crippen molar-refractivity contribution in [3.05, 3.63) is 63.1 Å². The molecule has 2 saturated heterocycles. The Morgan fingerprint density at radius 2 is 1.88 bits per heavy atom. The van der Waals surface area contributed by atoms with Crippen LogP contribution < -0.4 is 21.3 Å². The number of nitrogens with one attached hydrogen (secondary N) is 4. The van der Waals surface area contributed by atoms with E-state index in [1.165, 1.54) is 18.2 Å². The standard InChI is InChI=1S/C29H35Cl2F2N5O2/c1-28(2,3)15-22-29(17-13-20(32)19(31)14-21(17)36-27(29)40)23(16-5-4-6-18(30)24(16)33)25(37-22)26(39)35-9-12-38-10-7-34-8-11-38/h4-6,13-14,22-23,25,34,37H,7-12,15H2,1-3H3,(H,35,39)(H,36,40)/t22-,23+,25-,29+/m1/s1. The summed E-state index contributed by atoms with van der Waals surface area (Å²) < 4.78 is 30.8. The summed E-state index contributed by atoms with van der Waals surface area (Å²) in [4.78, 5) is 30.3. The fourth-order valence-electron chi connectivity index (χ4n) is 6.55. The van der Waals surface area contributed by atoms with E-state index in [0.717, 1.165) is 26.2 Å². The van der Waals surface area contributed by atoms with Gasteiger partial charge in [0.1, 0.15) is 17.0 Å². The number of amides is 2. The summed E-state index contributed by atoms with van der Waals surface area (Å²) in [6, 6.07) is 5.58. The van der Waals surface area contributed by atoms with Crippen LogP contribution in [0.5, 0.6) is 0 Å². The van der Waals surface area contributed by atoms with Crippen LogP contribution in [0.1, 0.15) is 44.2 Å². The molecule has 0 bridgehead atoms. The molecule has 3 heterocycles. The summed E-state index contributed by atoms with van der Waals surface area (Å²) >= 11 is 12.3. The van der Waals surface area contributed by atoms with Crippen LogP contribution in [0.15, 0.2) is 30.3 Å². The van der Waals surface area contributed by atoms with Crippen LogP contribution in [0.3, 0.4) is 0 Å². The highest BCUT2D eigenvalue weighted by Crippen LogP contribution is 2.57. The maximum atomic E-state index is 15.8. The van der Waals surface area contributed by atoms with Crippen molar-refractivity contribution < 1.29 is 18.4 Å². The van der Waals surface area contributed by atoms with Gasteiger partial charge in [0.2, 0.25) is 11.8 Å². The van der Waals surface area contributed by atoms with E-state index in [-0.39, 0.29) is 26.9 Å². The van der Waals surface area contributed by atoms with Crippen molar-refractivity contribution in [2.24, 2.45) is 5.41 Å². The Morgan fingerprint density at radius 1 is 1.15 bits per heavy atom. The first-order chi connectivity index (χ1) is 18.9. The molecule has 216 valence electrons. The number of halogens is 4. The molecule has 11 heteroatoms. The van der Waals surface area contributed by atoms with Gasteiger partial charge in [0.05, 0.1) is 16.1 Å². The van der Waals surface area contributed by atoms with Gasteiger partial charge in [0, 0.05) is 56.9 Å². The van der Waals surface area contributed by atoms with E-state index in [1.807, 2.05) is 20.8 Å². The minimum atomic E-state index is -1.50. The molecule has 7 nitrogen and oxygen atoms in total. The SMILES string of the molecule is CC(C)(C)C[C@H]1N[C@@H](C(=O)NCCN2CCNCC2)[C@H](c2cccc(Cl)c2F)[C@@]12C(=O)Nc1cc(Cl)c(F)cc12. The first-order valence-corrected chi connectivity index (χ1v) is 14.4. The van der Waals surface area contributed by atoms with Crippen LogP contribution in [0.4, 0.5) is 14.5 Å². The second kappa shape index (κ2) is 11.2. The van der Waals surface area contributed by atoms with E-state index in [9.17, 15) is 14.0 Å². The van der Waals surface area contributed by atoms with Crippen molar-refractivity contribution >= 4 is 40.7 Å². The number of hydrogen-bond donors (Lipinski definition) is 4. The zero-order chi connectivity index (χ0) is 28.8. The number of fused-ring (bicyclic) bond motifs is 2. The fourth-order valence-corrected chi connectivity index (χ4v) is 6.89. The summed E-state index contributed by atoms with van der Waals surface area (Å²) in [6.45, 7) is 10.7. The van der Waals surface area contributed by atoms with Crippen LogP contribution in [-0.2, 0) is 15.0 Å². The molecule has 2 aromatic rings. The van der Waals surface area contributed by atoms with E-state index in [1.54, 1.807) is 12.1 Å². The van der Waals surface area contributed by atoms with Gasteiger partial charge in [0.15, 0.2) is 0 Å². The summed E-state index contributed by atoms with van der Waals surface area (Å²) in [7, 11) is 0. The average molecular weight is 595 g/mol.